The molecule has 1 saturated heterocycles. The summed E-state index contributed by atoms with van der Waals surface area (Å²) in [7, 11) is 0.458. The van der Waals surface area contributed by atoms with Gasteiger partial charge in [0, 0.05) is 10.7 Å². The number of hydrogen-bond donors (Lipinski definition) is 3. The van der Waals surface area contributed by atoms with Crippen LogP contribution in [-0.2, 0) is 14.0 Å². The minimum absolute atomic E-state index is 0.295. The molecule has 0 spiro atoms. The summed E-state index contributed by atoms with van der Waals surface area (Å²) >= 11 is 1.51. The van der Waals surface area contributed by atoms with Gasteiger partial charge in [-0.25, -0.2) is 14.3 Å². The maximum atomic E-state index is 11.4. The van der Waals surface area contributed by atoms with Gasteiger partial charge in [-0.1, -0.05) is 0 Å². The van der Waals surface area contributed by atoms with E-state index in [-0.39, 0.29) is 6.54 Å². The summed E-state index contributed by atoms with van der Waals surface area (Å²) in [6.07, 6.45) is -1.43. The summed E-state index contributed by atoms with van der Waals surface area (Å²) < 4.78 is 20.9. The molecule has 1 rings (SSSR count). The zero-order valence-corrected chi connectivity index (χ0v) is 11.5. The Balaban J connectivity index is 2.67. The van der Waals surface area contributed by atoms with Crippen molar-refractivity contribution in [1.82, 2.24) is 14.9 Å². The monoisotopic (exact) mass is 397 g/mol. The van der Waals surface area contributed by atoms with Crippen LogP contribution >= 0.6 is 33.3 Å². The molecule has 12 heteroatoms. The third-order valence-electron chi connectivity index (χ3n) is 1.72. The molecule has 0 bridgehead atoms. The van der Waals surface area contributed by atoms with Crippen LogP contribution in [0.5, 0.6) is 0 Å². The number of alkyl halides is 1. The molecule has 0 saturated carbocycles. The van der Waals surface area contributed by atoms with Crippen molar-refractivity contribution in [2.45, 2.75) is 3.55 Å². The molecule has 1 atom stereocenters. The maximum absolute atomic E-state index is 11.4. The highest BCUT2D eigenvalue weighted by Crippen LogP contribution is 2.29. The average Bonchev–Trinajstić information content (AvgIpc) is 2.09. The summed E-state index contributed by atoms with van der Waals surface area (Å²) in [5.74, 6) is -0.877. The van der Waals surface area contributed by atoms with Crippen molar-refractivity contribution >= 4 is 60.5 Å². The lowest BCUT2D eigenvalue weighted by atomic mass is 10.1. The molecule has 0 radical (unpaired) electrons. The average molecular weight is 398 g/mol. The Labute approximate surface area is 113 Å². The second-order valence-electron chi connectivity index (χ2n) is 2.97. The van der Waals surface area contributed by atoms with Crippen molar-refractivity contribution in [1.29, 1.82) is 0 Å². The predicted molar refractivity (Wildman–Crippen MR) is 62.9 cm³/mol. The molecule has 96 valence electrons. The topological polar surface area (TPSA) is 133 Å². The molecule has 1 heterocycles. The van der Waals surface area contributed by atoms with E-state index in [1.807, 2.05) is 5.32 Å². The maximum Gasteiger partial charge on any atom is 0.406 e. The quantitative estimate of drug-likeness (QED) is 0.188. The number of nitrogens with zero attached hydrogens (tertiary/aromatic N) is 1. The van der Waals surface area contributed by atoms with E-state index in [1.165, 1.54) is 27.3 Å². The highest BCUT2D eigenvalue weighted by molar-refractivity contribution is 14.1. The van der Waals surface area contributed by atoms with E-state index >= 15 is 0 Å². The minimum Gasteiger partial charge on any atom is -0.465 e. The molecule has 1 unspecified atom stereocenters. The van der Waals surface area contributed by atoms with E-state index in [2.05, 4.69) is 0 Å². The SMILES string of the molecule is O=C(O)NC1(I)CN(C(=O)NS(=O)(=O)Cl)C1=O. The van der Waals surface area contributed by atoms with Crippen LogP contribution in [0.4, 0.5) is 9.59 Å². The largest absolute Gasteiger partial charge is 0.465 e. The van der Waals surface area contributed by atoms with E-state index in [0.717, 1.165) is 0 Å². The first-order valence-electron chi connectivity index (χ1n) is 3.83. The summed E-state index contributed by atoms with van der Waals surface area (Å²) in [6.45, 7) is -0.295. The highest BCUT2D eigenvalue weighted by Gasteiger charge is 2.54. The van der Waals surface area contributed by atoms with Gasteiger partial charge in [-0.15, -0.1) is 0 Å². The number of amides is 4. The molecule has 9 nitrogen and oxygen atoms in total. The molecule has 0 aromatic heterocycles. The molecule has 17 heavy (non-hydrogen) atoms. The van der Waals surface area contributed by atoms with Gasteiger partial charge in [-0.2, -0.15) is 8.42 Å². The molecule has 1 aliphatic heterocycles. The van der Waals surface area contributed by atoms with E-state index in [0.29, 0.717) is 4.90 Å². The molecule has 0 aromatic carbocycles. The van der Waals surface area contributed by atoms with Gasteiger partial charge in [0.1, 0.15) is 0 Å². The van der Waals surface area contributed by atoms with Crippen LogP contribution < -0.4 is 10.0 Å². The van der Waals surface area contributed by atoms with Crippen LogP contribution in [0.25, 0.3) is 0 Å². The van der Waals surface area contributed by atoms with Gasteiger partial charge in [0.15, 0.2) is 3.55 Å². The minimum atomic E-state index is -4.29. The first kappa shape index (κ1) is 14.2. The normalized spacial score (nSPS) is 23.9. The molecule has 0 aliphatic carbocycles. The number of nitrogens with one attached hydrogen (secondary N) is 2. The fourth-order valence-corrected chi connectivity index (χ4v) is 2.45. The van der Waals surface area contributed by atoms with E-state index in [1.54, 1.807) is 0 Å². The fourth-order valence-electron chi connectivity index (χ4n) is 1.07. The zero-order valence-electron chi connectivity index (χ0n) is 7.81. The molecule has 1 aliphatic rings. The fraction of sp³-hybridized carbons (Fsp3) is 0.400. The van der Waals surface area contributed by atoms with Crippen molar-refractivity contribution in [2.24, 2.45) is 0 Å². The summed E-state index contributed by atoms with van der Waals surface area (Å²) in [6, 6.07) is -1.23. The smallest absolute Gasteiger partial charge is 0.406 e. The standard InChI is InChI=1S/C5H5ClIN3O6S/c6-17(15,16)9-3(12)10-1-5(7,2(10)11)8-4(13)14/h8H,1H2,(H,9,12)(H,13,14). The Kier molecular flexibility index (Phi) is 3.73. The Bertz CT molecular complexity index is 494. The number of carbonyl (C=O) groups is 3. The number of carbonyl (C=O) groups excluding carboxylic acids is 2. The summed E-state index contributed by atoms with van der Waals surface area (Å²) in [4.78, 5) is 33.5. The molecular weight excluding hydrogens is 392 g/mol. The van der Waals surface area contributed by atoms with E-state index < -0.39 is 30.8 Å². The lowest BCUT2D eigenvalue weighted by molar-refractivity contribution is -0.140. The van der Waals surface area contributed by atoms with Gasteiger partial charge in [0.2, 0.25) is 0 Å². The number of urea groups is 1. The Morgan fingerprint density at radius 1 is 1.53 bits per heavy atom. The lowest BCUT2D eigenvalue weighted by Gasteiger charge is -2.42. The third-order valence-corrected chi connectivity index (χ3v) is 3.44. The number of carboxylic acid groups (broad SMARTS) is 1. The van der Waals surface area contributed by atoms with Crippen LogP contribution in [0.15, 0.2) is 0 Å². The first-order valence-corrected chi connectivity index (χ1v) is 7.22. The summed E-state index contributed by atoms with van der Waals surface area (Å²) in [5.41, 5.74) is 0. The van der Waals surface area contributed by atoms with Crippen molar-refractivity contribution in [3.05, 3.63) is 0 Å². The second-order valence-corrected chi connectivity index (χ2v) is 7.11. The zero-order chi connectivity index (χ0) is 13.4. The number of rotatable bonds is 2. The molecular formula is C5H5ClIN3O6S. The van der Waals surface area contributed by atoms with Crippen molar-refractivity contribution < 1.29 is 27.9 Å². The van der Waals surface area contributed by atoms with Gasteiger partial charge in [-0.05, 0) is 22.6 Å². The van der Waals surface area contributed by atoms with Crippen molar-refractivity contribution in [3.8, 4) is 0 Å². The second kappa shape index (κ2) is 4.45. The Morgan fingerprint density at radius 2 is 2.06 bits per heavy atom. The van der Waals surface area contributed by atoms with Crippen LogP contribution in [-0.4, -0.2) is 46.5 Å². The van der Waals surface area contributed by atoms with Crippen molar-refractivity contribution in [2.75, 3.05) is 6.54 Å². The first-order chi connectivity index (χ1) is 7.55. The predicted octanol–water partition coefficient (Wildman–Crippen LogP) is -0.579. The Hall–Kier alpha value is -0.820. The number of likely N-dealkylation sites (tertiary alicyclic amines) is 1. The number of imide groups is 1. The Morgan fingerprint density at radius 3 is 2.41 bits per heavy atom. The number of halogens is 2. The molecule has 4 amide bonds. The van der Waals surface area contributed by atoms with Gasteiger partial charge in [0.25, 0.3) is 5.91 Å². The van der Waals surface area contributed by atoms with Gasteiger partial charge in [0.05, 0.1) is 6.54 Å². The highest BCUT2D eigenvalue weighted by atomic mass is 127. The van der Waals surface area contributed by atoms with Crippen LogP contribution in [0, 0.1) is 0 Å². The lowest BCUT2D eigenvalue weighted by Crippen LogP contribution is -2.73. The molecule has 1 fully saturated rings. The van der Waals surface area contributed by atoms with E-state index in [9.17, 15) is 22.8 Å². The van der Waals surface area contributed by atoms with Gasteiger partial charge in [-0.3, -0.25) is 15.0 Å². The van der Waals surface area contributed by atoms with Crippen molar-refractivity contribution in [3.63, 3.8) is 0 Å². The van der Waals surface area contributed by atoms with Crippen LogP contribution in [0.2, 0.25) is 0 Å². The molecule has 0 aromatic rings. The van der Waals surface area contributed by atoms with Gasteiger partial charge < -0.3 is 5.11 Å². The van der Waals surface area contributed by atoms with Crippen LogP contribution in [0.3, 0.4) is 0 Å². The number of β-lactam (4-membered cyclic amide) rings is 1. The van der Waals surface area contributed by atoms with Crippen LogP contribution in [0.1, 0.15) is 0 Å². The summed E-state index contributed by atoms with van der Waals surface area (Å²) in [5, 5.41) is 10.3. The molecule has 3 N–H and O–H groups in total. The van der Waals surface area contributed by atoms with E-state index in [4.69, 9.17) is 15.8 Å². The van der Waals surface area contributed by atoms with Gasteiger partial charge >= 0.3 is 21.4 Å². The third kappa shape index (κ3) is 3.32. The number of hydrogen-bond acceptors (Lipinski definition) is 5.